The number of aromatic amines is 1. The van der Waals surface area contributed by atoms with Gasteiger partial charge in [-0.2, -0.15) is 10.1 Å². The Kier molecular flexibility index (Phi) is 5.16. The van der Waals surface area contributed by atoms with E-state index in [2.05, 4.69) is 27.1 Å². The van der Waals surface area contributed by atoms with E-state index in [0.29, 0.717) is 22.9 Å². The summed E-state index contributed by atoms with van der Waals surface area (Å²) in [5.41, 5.74) is 2.63. The molecule has 1 N–H and O–H groups in total. The van der Waals surface area contributed by atoms with E-state index < -0.39 is 0 Å². The average Bonchev–Trinajstić information content (AvgIpc) is 3.25. The van der Waals surface area contributed by atoms with E-state index in [9.17, 15) is 4.79 Å². The van der Waals surface area contributed by atoms with Gasteiger partial charge < -0.3 is 9.64 Å². The molecule has 3 heterocycles. The highest BCUT2D eigenvalue weighted by Crippen LogP contribution is 2.26. The molecule has 7 nitrogen and oxygen atoms in total. The van der Waals surface area contributed by atoms with Gasteiger partial charge in [0, 0.05) is 13.1 Å². The Labute approximate surface area is 180 Å². The number of H-pyrrole nitrogens is 1. The van der Waals surface area contributed by atoms with Crippen molar-refractivity contribution < 1.29 is 4.74 Å². The number of para-hydroxylation sites is 1. The fraction of sp³-hybridized carbons (Fsp3) is 0.292. The summed E-state index contributed by atoms with van der Waals surface area (Å²) in [6.07, 6.45) is 4.72. The van der Waals surface area contributed by atoms with Crippen molar-refractivity contribution in [2.75, 3.05) is 25.1 Å². The second kappa shape index (κ2) is 8.26. The third-order valence-electron chi connectivity index (χ3n) is 6.00. The van der Waals surface area contributed by atoms with Crippen molar-refractivity contribution >= 4 is 17.0 Å². The highest BCUT2D eigenvalue weighted by molar-refractivity contribution is 5.76. The zero-order chi connectivity index (χ0) is 21.2. The largest absolute Gasteiger partial charge is 0.497 e. The van der Waals surface area contributed by atoms with E-state index >= 15 is 0 Å². The number of methoxy groups -OCH3 is 1. The van der Waals surface area contributed by atoms with Gasteiger partial charge in [0.25, 0.3) is 5.56 Å². The Balaban J connectivity index is 1.34. The molecule has 0 amide bonds. The van der Waals surface area contributed by atoms with Gasteiger partial charge in [-0.15, -0.1) is 0 Å². The molecule has 0 saturated carbocycles. The quantitative estimate of drug-likeness (QED) is 0.539. The summed E-state index contributed by atoms with van der Waals surface area (Å²) in [7, 11) is 1.70. The minimum Gasteiger partial charge on any atom is -0.497 e. The van der Waals surface area contributed by atoms with Crippen LogP contribution in [0.5, 0.6) is 5.75 Å². The maximum atomic E-state index is 12.7. The van der Waals surface area contributed by atoms with Gasteiger partial charge in [-0.3, -0.25) is 9.78 Å². The molecule has 31 heavy (non-hydrogen) atoms. The van der Waals surface area contributed by atoms with Crippen molar-refractivity contribution in [3.8, 4) is 11.4 Å². The summed E-state index contributed by atoms with van der Waals surface area (Å²) in [4.78, 5) is 22.6. The van der Waals surface area contributed by atoms with Crippen LogP contribution in [-0.4, -0.2) is 39.9 Å². The average molecular weight is 415 g/mol. The van der Waals surface area contributed by atoms with Crippen molar-refractivity contribution in [2.24, 2.45) is 5.92 Å². The molecule has 0 radical (unpaired) electrons. The summed E-state index contributed by atoms with van der Waals surface area (Å²) < 4.78 is 7.07. The number of hydrogen-bond acceptors (Lipinski definition) is 5. The third-order valence-corrected chi connectivity index (χ3v) is 6.00. The number of nitrogens with one attached hydrogen (secondary N) is 1. The van der Waals surface area contributed by atoms with Gasteiger partial charge in [-0.25, -0.2) is 4.68 Å². The Hall–Kier alpha value is -3.61. The van der Waals surface area contributed by atoms with Gasteiger partial charge >= 0.3 is 0 Å². The summed E-state index contributed by atoms with van der Waals surface area (Å²) in [6, 6.07) is 18.1. The number of hydrogen-bond donors (Lipinski definition) is 1. The van der Waals surface area contributed by atoms with Crippen LogP contribution >= 0.6 is 0 Å². The lowest BCUT2D eigenvalue weighted by Crippen LogP contribution is -2.36. The maximum Gasteiger partial charge on any atom is 0.263 e. The van der Waals surface area contributed by atoms with Crippen LogP contribution in [0.25, 0.3) is 16.7 Å². The van der Waals surface area contributed by atoms with E-state index in [4.69, 9.17) is 9.72 Å². The van der Waals surface area contributed by atoms with Crippen LogP contribution in [0.3, 0.4) is 0 Å². The first kappa shape index (κ1) is 19.4. The lowest BCUT2D eigenvalue weighted by molar-refractivity contribution is 0.396. The lowest BCUT2D eigenvalue weighted by atomic mass is 9.90. The molecular weight excluding hydrogens is 390 g/mol. The number of fused-ring (bicyclic) bond motifs is 1. The van der Waals surface area contributed by atoms with Crippen molar-refractivity contribution in [3.05, 3.63) is 76.7 Å². The van der Waals surface area contributed by atoms with Crippen molar-refractivity contribution in [2.45, 2.75) is 19.3 Å². The number of piperidine rings is 1. The molecule has 0 unspecified atom stereocenters. The van der Waals surface area contributed by atoms with Gasteiger partial charge in [0.05, 0.1) is 19.0 Å². The van der Waals surface area contributed by atoms with Gasteiger partial charge in [0.1, 0.15) is 11.1 Å². The zero-order valence-corrected chi connectivity index (χ0v) is 17.5. The molecule has 0 atom stereocenters. The van der Waals surface area contributed by atoms with E-state index in [0.717, 1.165) is 43.8 Å². The van der Waals surface area contributed by atoms with Crippen LogP contribution < -0.4 is 15.2 Å². The predicted molar refractivity (Wildman–Crippen MR) is 121 cm³/mol. The molecule has 2 aromatic carbocycles. The highest BCUT2D eigenvalue weighted by Gasteiger charge is 2.22. The first-order chi connectivity index (χ1) is 15.2. The molecule has 2 aromatic heterocycles. The van der Waals surface area contributed by atoms with Gasteiger partial charge in [-0.05, 0) is 55.0 Å². The van der Waals surface area contributed by atoms with Crippen molar-refractivity contribution in [1.82, 2.24) is 19.7 Å². The SMILES string of the molecule is COc1cccc(CC2CCN(c3nc4c(cnn4-c4ccccc4)c(=O)[nH]3)CC2)c1. The van der Waals surface area contributed by atoms with E-state index in [1.54, 1.807) is 18.0 Å². The Bertz CT molecular complexity index is 1240. The summed E-state index contributed by atoms with van der Waals surface area (Å²) >= 11 is 0. The van der Waals surface area contributed by atoms with Crippen LogP contribution in [0.4, 0.5) is 5.95 Å². The summed E-state index contributed by atoms with van der Waals surface area (Å²) in [5, 5.41) is 4.89. The Morgan fingerprint density at radius 3 is 2.68 bits per heavy atom. The first-order valence-corrected chi connectivity index (χ1v) is 10.6. The maximum absolute atomic E-state index is 12.7. The summed E-state index contributed by atoms with van der Waals surface area (Å²) in [6.45, 7) is 1.73. The smallest absolute Gasteiger partial charge is 0.263 e. The van der Waals surface area contributed by atoms with E-state index in [1.165, 1.54) is 5.56 Å². The minimum atomic E-state index is -0.152. The number of rotatable bonds is 5. The predicted octanol–water partition coefficient (Wildman–Crippen LogP) is 3.58. The van der Waals surface area contributed by atoms with Crippen LogP contribution in [0, 0.1) is 5.92 Å². The number of benzene rings is 2. The molecule has 1 aliphatic rings. The lowest BCUT2D eigenvalue weighted by Gasteiger charge is -2.32. The van der Waals surface area contributed by atoms with Crippen LogP contribution in [0.15, 0.2) is 65.6 Å². The fourth-order valence-electron chi connectivity index (χ4n) is 4.30. The zero-order valence-electron chi connectivity index (χ0n) is 17.5. The van der Waals surface area contributed by atoms with Gasteiger partial charge in [0.2, 0.25) is 5.95 Å². The van der Waals surface area contributed by atoms with Gasteiger partial charge in [0.15, 0.2) is 5.65 Å². The molecule has 1 aliphatic heterocycles. The normalized spacial score (nSPS) is 14.8. The topological polar surface area (TPSA) is 76.0 Å². The van der Waals surface area contributed by atoms with Crippen LogP contribution in [0.1, 0.15) is 18.4 Å². The van der Waals surface area contributed by atoms with E-state index in [1.807, 2.05) is 42.5 Å². The van der Waals surface area contributed by atoms with Crippen molar-refractivity contribution in [3.63, 3.8) is 0 Å². The van der Waals surface area contributed by atoms with Gasteiger partial charge in [-0.1, -0.05) is 30.3 Å². The molecule has 7 heteroatoms. The number of ether oxygens (including phenoxy) is 1. The highest BCUT2D eigenvalue weighted by atomic mass is 16.5. The fourth-order valence-corrected chi connectivity index (χ4v) is 4.30. The van der Waals surface area contributed by atoms with Crippen LogP contribution in [0.2, 0.25) is 0 Å². The molecule has 1 saturated heterocycles. The van der Waals surface area contributed by atoms with E-state index in [-0.39, 0.29) is 5.56 Å². The first-order valence-electron chi connectivity index (χ1n) is 10.6. The third kappa shape index (κ3) is 3.91. The minimum absolute atomic E-state index is 0.152. The Morgan fingerprint density at radius 1 is 1.10 bits per heavy atom. The molecule has 4 aromatic rings. The number of anilines is 1. The molecule has 158 valence electrons. The monoisotopic (exact) mass is 415 g/mol. The molecule has 0 bridgehead atoms. The van der Waals surface area contributed by atoms with Crippen LogP contribution in [-0.2, 0) is 6.42 Å². The number of nitrogens with zero attached hydrogens (tertiary/aromatic N) is 4. The molecular formula is C24H25N5O2. The second-order valence-corrected chi connectivity index (χ2v) is 8.00. The second-order valence-electron chi connectivity index (χ2n) is 8.00. The van der Waals surface area contributed by atoms with Crippen molar-refractivity contribution in [1.29, 1.82) is 0 Å². The number of aromatic nitrogens is 4. The molecule has 1 fully saturated rings. The Morgan fingerprint density at radius 2 is 1.90 bits per heavy atom. The molecule has 5 rings (SSSR count). The summed E-state index contributed by atoms with van der Waals surface area (Å²) in [5.74, 6) is 2.13. The molecule has 0 spiro atoms. The molecule has 0 aliphatic carbocycles. The standard InChI is InChI=1S/C24H25N5O2/c1-31-20-9-5-6-18(15-20)14-17-10-12-28(13-11-17)24-26-22-21(23(30)27-24)16-25-29(22)19-7-3-2-4-8-19/h2-9,15-17H,10-14H2,1H3,(H,26,27,30).